The Balaban J connectivity index is 1.36. The van der Waals surface area contributed by atoms with Crippen LogP contribution in [0.15, 0.2) is 67.4 Å². The molecule has 3 aromatic rings. The molecule has 5 rings (SSSR count). The van der Waals surface area contributed by atoms with E-state index in [0.29, 0.717) is 21.3 Å². The lowest BCUT2D eigenvalue weighted by atomic mass is 10.0. The second-order valence-electron chi connectivity index (χ2n) is 9.84. The number of halogens is 1. The third-order valence-electron chi connectivity index (χ3n) is 6.94. The number of hydrogen-bond donors (Lipinski definition) is 3. The zero-order valence-corrected chi connectivity index (χ0v) is 24.4. The molecule has 0 spiro atoms. The number of carbonyl (C=O) groups excluding carboxylic acids is 2. The van der Waals surface area contributed by atoms with Gasteiger partial charge in [-0.15, -0.1) is 0 Å². The summed E-state index contributed by atoms with van der Waals surface area (Å²) in [7, 11) is 1.29. The van der Waals surface area contributed by atoms with Gasteiger partial charge in [0, 0.05) is 30.0 Å². The highest BCUT2D eigenvalue weighted by Crippen LogP contribution is 2.40. The Morgan fingerprint density at radius 2 is 1.95 bits per heavy atom. The minimum atomic E-state index is -1.00. The highest BCUT2D eigenvalue weighted by Gasteiger charge is 2.42. The largest absolute Gasteiger partial charge is 0.508 e. The van der Waals surface area contributed by atoms with Crippen molar-refractivity contribution in [3.63, 3.8) is 0 Å². The van der Waals surface area contributed by atoms with Gasteiger partial charge in [0.25, 0.3) is 5.56 Å². The van der Waals surface area contributed by atoms with Crippen LogP contribution in [0.3, 0.4) is 0 Å². The average Bonchev–Trinajstić information content (AvgIpc) is 3.57. The van der Waals surface area contributed by atoms with Crippen molar-refractivity contribution in [1.82, 2.24) is 9.55 Å². The number of esters is 2. The maximum Gasteiger partial charge on any atom is 0.373 e. The van der Waals surface area contributed by atoms with E-state index < -0.39 is 47.5 Å². The van der Waals surface area contributed by atoms with Crippen LogP contribution in [0.4, 0.5) is 5.69 Å². The SMILES string of the molecule is COC(=Cc1ccc(O)cc1)C(=O)OC[C@H]1O[C@@H](n2cc(C)c(=O)[nH]c2=O)C[C@@H]1OC(=O)[C@@H]1C=Nc2cc(Br)c(O)cc21. The second kappa shape index (κ2) is 12.3. The number of aliphatic imine (C=N–C) groups is 1. The fourth-order valence-corrected chi connectivity index (χ4v) is 5.00. The lowest BCUT2D eigenvalue weighted by Crippen LogP contribution is -2.34. The van der Waals surface area contributed by atoms with Crippen LogP contribution >= 0.6 is 15.9 Å². The van der Waals surface area contributed by atoms with Gasteiger partial charge in [0.2, 0.25) is 5.76 Å². The number of aromatic hydroxyl groups is 2. The molecule has 0 amide bonds. The van der Waals surface area contributed by atoms with Crippen LogP contribution in [0.1, 0.15) is 35.3 Å². The van der Waals surface area contributed by atoms with Crippen LogP contribution < -0.4 is 11.2 Å². The summed E-state index contributed by atoms with van der Waals surface area (Å²) in [5.74, 6) is -2.58. The molecule has 43 heavy (non-hydrogen) atoms. The van der Waals surface area contributed by atoms with Gasteiger partial charge < -0.3 is 29.2 Å². The normalized spacial score (nSPS) is 21.0. The molecule has 224 valence electrons. The van der Waals surface area contributed by atoms with Crippen LogP contribution in [0, 0.1) is 6.92 Å². The van der Waals surface area contributed by atoms with Crippen LogP contribution in [0.2, 0.25) is 0 Å². The summed E-state index contributed by atoms with van der Waals surface area (Å²) in [4.78, 5) is 57.1. The second-order valence-corrected chi connectivity index (χ2v) is 10.7. The fourth-order valence-electron chi connectivity index (χ4n) is 4.67. The maximum absolute atomic E-state index is 13.3. The zero-order chi connectivity index (χ0) is 30.8. The third kappa shape index (κ3) is 6.39. The van der Waals surface area contributed by atoms with E-state index in [4.69, 9.17) is 18.9 Å². The monoisotopic (exact) mass is 655 g/mol. The lowest BCUT2D eigenvalue weighted by molar-refractivity contribution is -0.157. The van der Waals surface area contributed by atoms with Crippen molar-refractivity contribution in [2.45, 2.75) is 37.7 Å². The first kappa shape index (κ1) is 29.8. The van der Waals surface area contributed by atoms with Crippen LogP contribution in [-0.4, -0.2) is 63.8 Å². The number of aromatic nitrogens is 2. The van der Waals surface area contributed by atoms with E-state index >= 15 is 0 Å². The van der Waals surface area contributed by atoms with Gasteiger partial charge in [-0.2, -0.15) is 0 Å². The van der Waals surface area contributed by atoms with E-state index in [1.165, 1.54) is 55.3 Å². The molecule has 2 aliphatic rings. The molecule has 2 aliphatic heterocycles. The molecule has 2 aromatic carbocycles. The molecular weight excluding hydrogens is 630 g/mol. The Hall–Kier alpha value is -4.69. The van der Waals surface area contributed by atoms with Gasteiger partial charge in [0.1, 0.15) is 42.5 Å². The number of phenols is 2. The van der Waals surface area contributed by atoms with Gasteiger partial charge in [-0.25, -0.2) is 9.59 Å². The van der Waals surface area contributed by atoms with Crippen LogP contribution in [0.5, 0.6) is 11.5 Å². The van der Waals surface area contributed by atoms with Crippen molar-refractivity contribution in [1.29, 1.82) is 0 Å². The van der Waals surface area contributed by atoms with Crippen molar-refractivity contribution in [3.05, 3.63) is 90.4 Å². The molecule has 14 heteroatoms. The predicted octanol–water partition coefficient (Wildman–Crippen LogP) is 2.95. The van der Waals surface area contributed by atoms with E-state index in [1.807, 2.05) is 0 Å². The Kier molecular flexibility index (Phi) is 8.50. The quantitative estimate of drug-likeness (QED) is 0.186. The van der Waals surface area contributed by atoms with Gasteiger partial charge in [-0.05, 0) is 58.8 Å². The number of hydrogen-bond acceptors (Lipinski definition) is 11. The molecule has 3 heterocycles. The Morgan fingerprint density at radius 3 is 2.67 bits per heavy atom. The number of methoxy groups -OCH3 is 1. The molecule has 4 atom stereocenters. The van der Waals surface area contributed by atoms with Crippen molar-refractivity contribution in [3.8, 4) is 11.5 Å². The number of aromatic amines is 1. The zero-order valence-electron chi connectivity index (χ0n) is 22.9. The summed E-state index contributed by atoms with van der Waals surface area (Å²) in [5.41, 5.74) is 0.496. The summed E-state index contributed by atoms with van der Waals surface area (Å²) in [6.45, 7) is 1.15. The van der Waals surface area contributed by atoms with E-state index in [2.05, 4.69) is 25.9 Å². The van der Waals surface area contributed by atoms with Gasteiger partial charge in [0.05, 0.1) is 17.3 Å². The van der Waals surface area contributed by atoms with Gasteiger partial charge in [-0.1, -0.05) is 12.1 Å². The highest BCUT2D eigenvalue weighted by molar-refractivity contribution is 9.10. The van der Waals surface area contributed by atoms with E-state index in [0.717, 1.165) is 0 Å². The first-order valence-corrected chi connectivity index (χ1v) is 13.8. The fraction of sp³-hybridized carbons (Fsp3) is 0.276. The molecule has 1 saturated heterocycles. The standard InChI is InChI=1S/C29H26BrN3O10/c1-14-12-33(29(39)32-26(14)36)25-10-22(43-27(37)18-11-31-20-9-19(30)21(35)8-17(18)20)24(42-25)13-41-28(38)23(40-2)7-15-3-5-16(34)6-4-15/h3-9,11-12,18,22,24-25,34-35H,10,13H2,1-2H3,(H,32,36,39)/t18-,22+,24-,25-/m1/s1. The number of carbonyl (C=O) groups is 2. The summed E-state index contributed by atoms with van der Waals surface area (Å²) >= 11 is 3.22. The van der Waals surface area contributed by atoms with E-state index in [-0.39, 0.29) is 35.8 Å². The molecule has 13 nitrogen and oxygen atoms in total. The minimum Gasteiger partial charge on any atom is -0.508 e. The predicted molar refractivity (Wildman–Crippen MR) is 155 cm³/mol. The van der Waals surface area contributed by atoms with Crippen molar-refractivity contribution >= 4 is 45.8 Å². The Morgan fingerprint density at radius 1 is 1.21 bits per heavy atom. The lowest BCUT2D eigenvalue weighted by Gasteiger charge is -2.20. The number of H-pyrrole nitrogens is 1. The number of benzene rings is 2. The number of phenolic OH excluding ortho intramolecular Hbond substituents is 2. The molecular formula is C29H26BrN3O10. The summed E-state index contributed by atoms with van der Waals surface area (Å²) < 4.78 is 24.0. The van der Waals surface area contributed by atoms with Crippen LogP contribution in [0.25, 0.3) is 6.08 Å². The maximum atomic E-state index is 13.3. The van der Waals surface area contributed by atoms with E-state index in [9.17, 15) is 29.4 Å². The number of fused-ring (bicyclic) bond motifs is 1. The Labute approximate surface area is 252 Å². The molecule has 0 saturated carbocycles. The molecule has 0 unspecified atom stereocenters. The molecule has 0 radical (unpaired) electrons. The molecule has 1 aromatic heterocycles. The number of rotatable bonds is 8. The molecule has 1 fully saturated rings. The van der Waals surface area contributed by atoms with Gasteiger partial charge in [-0.3, -0.25) is 24.1 Å². The number of nitrogens with one attached hydrogen (secondary N) is 1. The third-order valence-corrected chi connectivity index (χ3v) is 7.58. The highest BCUT2D eigenvalue weighted by atomic mass is 79.9. The molecule has 0 aliphatic carbocycles. The first-order chi connectivity index (χ1) is 20.5. The van der Waals surface area contributed by atoms with Gasteiger partial charge >= 0.3 is 17.6 Å². The molecule has 3 N–H and O–H groups in total. The topological polar surface area (TPSA) is 179 Å². The van der Waals surface area contributed by atoms with Gasteiger partial charge in [0.15, 0.2) is 0 Å². The minimum absolute atomic E-state index is 0.00212. The summed E-state index contributed by atoms with van der Waals surface area (Å²) in [6.07, 6.45) is 1.23. The average molecular weight is 656 g/mol. The van der Waals surface area contributed by atoms with Crippen molar-refractivity contribution < 1.29 is 38.7 Å². The molecule has 0 bridgehead atoms. The van der Waals surface area contributed by atoms with Crippen molar-refractivity contribution in [2.75, 3.05) is 13.7 Å². The summed E-state index contributed by atoms with van der Waals surface area (Å²) in [6, 6.07) is 9.05. The van der Waals surface area contributed by atoms with Crippen LogP contribution in [-0.2, 0) is 28.5 Å². The smallest absolute Gasteiger partial charge is 0.373 e. The Bertz CT molecular complexity index is 1740. The number of ether oxygens (including phenoxy) is 4. The van der Waals surface area contributed by atoms with Crippen molar-refractivity contribution in [2.24, 2.45) is 4.99 Å². The van der Waals surface area contributed by atoms with E-state index in [1.54, 1.807) is 18.2 Å². The number of nitrogens with zero attached hydrogens (tertiary/aromatic N) is 2. The summed E-state index contributed by atoms with van der Waals surface area (Å²) in [5, 5.41) is 19.6. The first-order valence-electron chi connectivity index (χ1n) is 13.0. The number of aryl methyl sites for hydroxylation is 1.